The second kappa shape index (κ2) is 7.84. The van der Waals surface area contributed by atoms with Crippen molar-refractivity contribution >= 4 is 38.0 Å². The van der Waals surface area contributed by atoms with E-state index in [2.05, 4.69) is 5.32 Å². The van der Waals surface area contributed by atoms with Gasteiger partial charge in [0.1, 0.15) is 10.8 Å². The van der Waals surface area contributed by atoms with Crippen LogP contribution < -0.4 is 10.7 Å². The number of carbonyl (C=O) groups excluding carboxylic acids is 1. The number of nitro benzene ring substituents is 1. The van der Waals surface area contributed by atoms with Gasteiger partial charge in [0.25, 0.3) is 11.6 Å². The first-order chi connectivity index (χ1) is 14.4. The van der Waals surface area contributed by atoms with Crippen LogP contribution in [0, 0.1) is 15.9 Å². The molecule has 1 N–H and O–H groups in total. The number of benzene rings is 3. The number of carbonyl (C=O) groups is 1. The Morgan fingerprint density at radius 1 is 0.967 bits per heavy atom. The zero-order valence-corrected chi connectivity index (χ0v) is 16.1. The van der Waals surface area contributed by atoms with E-state index in [-0.39, 0.29) is 22.2 Å². The van der Waals surface area contributed by atoms with Crippen molar-refractivity contribution in [2.45, 2.75) is 0 Å². The summed E-state index contributed by atoms with van der Waals surface area (Å²) in [5.74, 6) is -0.952. The van der Waals surface area contributed by atoms with Gasteiger partial charge in [-0.2, -0.15) is 0 Å². The Morgan fingerprint density at radius 2 is 1.63 bits per heavy atom. The highest BCUT2D eigenvalue weighted by atomic mass is 32.1. The van der Waals surface area contributed by atoms with Crippen LogP contribution in [-0.2, 0) is 0 Å². The van der Waals surface area contributed by atoms with Gasteiger partial charge in [0.05, 0.1) is 10.5 Å². The molecule has 0 fully saturated rings. The molecule has 0 spiro atoms. The molecule has 0 saturated carbocycles. The number of rotatable bonds is 4. The lowest BCUT2D eigenvalue weighted by atomic mass is 10.1. The number of halogens is 1. The summed E-state index contributed by atoms with van der Waals surface area (Å²) in [5, 5.41) is 14.4. The topological polar surface area (TPSA) is 89.3 Å². The third-order valence-electron chi connectivity index (χ3n) is 4.50. The van der Waals surface area contributed by atoms with E-state index in [4.69, 9.17) is 0 Å². The second-order valence-electron chi connectivity index (χ2n) is 6.40. The fourth-order valence-electron chi connectivity index (χ4n) is 3.02. The molecule has 1 heterocycles. The molecule has 6 nitrogen and oxygen atoms in total. The Bertz CT molecular complexity index is 1330. The van der Waals surface area contributed by atoms with Crippen molar-refractivity contribution < 1.29 is 14.1 Å². The number of anilines is 1. The molecule has 0 aliphatic carbocycles. The van der Waals surface area contributed by atoms with Gasteiger partial charge in [-0.05, 0) is 42.0 Å². The summed E-state index contributed by atoms with van der Waals surface area (Å²) >= 11 is 1.22. The van der Waals surface area contributed by atoms with Gasteiger partial charge in [-0.3, -0.25) is 19.7 Å². The Balaban J connectivity index is 1.81. The summed E-state index contributed by atoms with van der Waals surface area (Å²) in [6.07, 6.45) is 0. The molecular weight excluding hydrogens is 407 g/mol. The minimum absolute atomic E-state index is 0.131. The van der Waals surface area contributed by atoms with Crippen molar-refractivity contribution in [2.75, 3.05) is 5.32 Å². The van der Waals surface area contributed by atoms with Gasteiger partial charge >= 0.3 is 0 Å². The van der Waals surface area contributed by atoms with E-state index in [0.717, 1.165) is 0 Å². The summed E-state index contributed by atoms with van der Waals surface area (Å²) in [4.78, 5) is 36.2. The van der Waals surface area contributed by atoms with Crippen LogP contribution in [0.1, 0.15) is 10.4 Å². The maximum atomic E-state index is 13.4. The van der Waals surface area contributed by atoms with Crippen molar-refractivity contribution in [1.82, 2.24) is 0 Å². The quantitative estimate of drug-likeness (QED) is 0.362. The third kappa shape index (κ3) is 3.68. The molecule has 3 aromatic carbocycles. The standard InChI is InChI=1S/C22H13FN2O4S/c23-15-9-5-13(6-10-15)19-20(26)17-3-1-2-4-18(17)30-22(19)24-21(27)14-7-11-16(12-8-14)25(28)29/h1-12H,(H,24,27). The molecule has 4 rings (SSSR count). The van der Waals surface area contributed by atoms with E-state index in [9.17, 15) is 24.1 Å². The van der Waals surface area contributed by atoms with Crippen LogP contribution in [-0.4, -0.2) is 10.8 Å². The third-order valence-corrected chi connectivity index (χ3v) is 5.58. The highest BCUT2D eigenvalue weighted by molar-refractivity contribution is 7.22. The summed E-state index contributed by atoms with van der Waals surface area (Å²) in [6.45, 7) is 0. The molecule has 0 atom stereocenters. The van der Waals surface area contributed by atoms with Crippen LogP contribution in [0.2, 0.25) is 0 Å². The summed E-state index contributed by atoms with van der Waals surface area (Å²) < 4.78 is 14.1. The first kappa shape index (κ1) is 19.4. The van der Waals surface area contributed by atoms with Crippen molar-refractivity contribution in [2.24, 2.45) is 0 Å². The minimum atomic E-state index is -0.552. The van der Waals surface area contributed by atoms with Gasteiger partial charge in [0.15, 0.2) is 5.43 Å². The highest BCUT2D eigenvalue weighted by Crippen LogP contribution is 2.33. The second-order valence-corrected chi connectivity index (χ2v) is 7.45. The van der Waals surface area contributed by atoms with Crippen LogP contribution in [0.25, 0.3) is 21.2 Å². The normalized spacial score (nSPS) is 10.7. The smallest absolute Gasteiger partial charge is 0.269 e. The summed E-state index contributed by atoms with van der Waals surface area (Å²) in [5.41, 5.74) is 0.527. The number of fused-ring (bicyclic) bond motifs is 1. The van der Waals surface area contributed by atoms with Gasteiger partial charge in [-0.15, -0.1) is 11.3 Å². The number of nitro groups is 1. The van der Waals surface area contributed by atoms with Gasteiger partial charge in [-0.1, -0.05) is 24.3 Å². The maximum absolute atomic E-state index is 13.4. The number of nitrogens with one attached hydrogen (secondary N) is 1. The number of non-ortho nitro benzene ring substituents is 1. The van der Waals surface area contributed by atoms with Crippen LogP contribution in [0.4, 0.5) is 15.1 Å². The van der Waals surface area contributed by atoms with Crippen LogP contribution in [0.5, 0.6) is 0 Å². The minimum Gasteiger partial charge on any atom is -0.313 e. The molecule has 4 aromatic rings. The van der Waals surface area contributed by atoms with Gasteiger partial charge < -0.3 is 5.32 Å². The van der Waals surface area contributed by atoms with Crippen LogP contribution in [0.3, 0.4) is 0 Å². The van der Waals surface area contributed by atoms with E-state index >= 15 is 0 Å². The molecule has 0 radical (unpaired) electrons. The lowest BCUT2D eigenvalue weighted by molar-refractivity contribution is -0.384. The Kier molecular flexibility index (Phi) is 5.07. The van der Waals surface area contributed by atoms with E-state index in [0.29, 0.717) is 20.7 Å². The lowest BCUT2D eigenvalue weighted by Gasteiger charge is -2.12. The predicted octanol–water partition coefficient (Wildman–Crippen LogP) is 5.23. The highest BCUT2D eigenvalue weighted by Gasteiger charge is 2.18. The van der Waals surface area contributed by atoms with E-state index in [1.165, 1.54) is 59.9 Å². The fraction of sp³-hybridized carbons (Fsp3) is 0. The SMILES string of the molecule is O=C(Nc1sc2ccccc2c(=O)c1-c1ccc(F)cc1)c1ccc([N+](=O)[O-])cc1. The average Bonchev–Trinajstić information content (AvgIpc) is 2.75. The van der Waals surface area contributed by atoms with Crippen molar-refractivity contribution in [3.05, 3.63) is 105 Å². The van der Waals surface area contributed by atoms with E-state index in [1.54, 1.807) is 24.3 Å². The molecule has 148 valence electrons. The Hall–Kier alpha value is -3.91. The number of nitrogens with zero attached hydrogens (tertiary/aromatic N) is 1. The number of hydrogen-bond donors (Lipinski definition) is 1. The van der Waals surface area contributed by atoms with E-state index in [1.807, 2.05) is 0 Å². The zero-order valence-electron chi connectivity index (χ0n) is 15.3. The Labute approximate surface area is 173 Å². The van der Waals surface area contributed by atoms with Gasteiger partial charge in [0, 0.05) is 27.8 Å². The molecular formula is C22H13FN2O4S. The predicted molar refractivity (Wildman–Crippen MR) is 115 cm³/mol. The number of amides is 1. The maximum Gasteiger partial charge on any atom is 0.269 e. The van der Waals surface area contributed by atoms with Crippen molar-refractivity contribution in [1.29, 1.82) is 0 Å². The molecule has 0 aliphatic rings. The first-order valence-electron chi connectivity index (χ1n) is 8.81. The molecule has 0 saturated heterocycles. The molecule has 0 bridgehead atoms. The van der Waals surface area contributed by atoms with E-state index < -0.39 is 16.6 Å². The zero-order chi connectivity index (χ0) is 21.3. The largest absolute Gasteiger partial charge is 0.313 e. The first-order valence-corrected chi connectivity index (χ1v) is 9.63. The summed E-state index contributed by atoms with van der Waals surface area (Å²) in [7, 11) is 0. The monoisotopic (exact) mass is 420 g/mol. The van der Waals surface area contributed by atoms with Crippen molar-refractivity contribution in [3.8, 4) is 11.1 Å². The Morgan fingerprint density at radius 3 is 2.30 bits per heavy atom. The number of hydrogen-bond acceptors (Lipinski definition) is 5. The molecule has 1 aromatic heterocycles. The molecule has 0 aliphatic heterocycles. The van der Waals surface area contributed by atoms with Crippen molar-refractivity contribution in [3.63, 3.8) is 0 Å². The molecule has 8 heteroatoms. The van der Waals surface area contributed by atoms with Crippen LogP contribution >= 0.6 is 11.3 Å². The van der Waals surface area contributed by atoms with Crippen LogP contribution in [0.15, 0.2) is 77.6 Å². The molecule has 0 unspecified atom stereocenters. The molecule has 30 heavy (non-hydrogen) atoms. The average molecular weight is 420 g/mol. The fourth-order valence-corrected chi connectivity index (χ4v) is 4.11. The molecule has 1 amide bonds. The lowest BCUT2D eigenvalue weighted by Crippen LogP contribution is -2.15. The van der Waals surface area contributed by atoms with Gasteiger partial charge in [0.2, 0.25) is 0 Å². The van der Waals surface area contributed by atoms with Gasteiger partial charge in [-0.25, -0.2) is 4.39 Å². The summed E-state index contributed by atoms with van der Waals surface area (Å²) in [6, 6.07) is 17.6.